The number of fused-ring (bicyclic) bond motifs is 5. The van der Waals surface area contributed by atoms with Crippen LogP contribution in [0.2, 0.25) is 0 Å². The second-order valence-electron chi connectivity index (χ2n) is 11.0. The minimum absolute atomic E-state index is 0.906. The van der Waals surface area contributed by atoms with E-state index in [-0.39, 0.29) is 0 Å². The Bertz CT molecular complexity index is 2300. The lowest BCUT2D eigenvalue weighted by Crippen LogP contribution is -1.97. The molecule has 42 heavy (non-hydrogen) atoms. The first kappa shape index (κ1) is 23.1. The van der Waals surface area contributed by atoms with E-state index in [2.05, 4.69) is 156 Å². The molecule has 0 atom stereocenters. The molecular formula is C40H25NO. The summed E-state index contributed by atoms with van der Waals surface area (Å²) in [5.74, 6) is 1.83. The van der Waals surface area contributed by atoms with Gasteiger partial charge in [-0.25, -0.2) is 0 Å². The molecule has 0 radical (unpaired) electrons. The Hall–Kier alpha value is -5.60. The smallest absolute Gasteiger partial charge is 0.135 e. The van der Waals surface area contributed by atoms with Crippen LogP contribution in [-0.2, 0) is 0 Å². The molecule has 2 heteroatoms. The van der Waals surface area contributed by atoms with Gasteiger partial charge in [0.2, 0.25) is 0 Å². The maximum Gasteiger partial charge on any atom is 0.135 e. The average Bonchev–Trinajstić information content (AvgIpc) is 3.39. The summed E-state index contributed by atoms with van der Waals surface area (Å²) in [4.78, 5) is 0. The van der Waals surface area contributed by atoms with E-state index in [9.17, 15) is 0 Å². The first-order valence-electron chi connectivity index (χ1n) is 14.4. The maximum absolute atomic E-state index is 6.31. The number of para-hydroxylation sites is 2. The Labute approximate surface area is 243 Å². The molecule has 0 aliphatic carbocycles. The molecule has 0 bridgehead atoms. The van der Waals surface area contributed by atoms with E-state index in [4.69, 9.17) is 4.74 Å². The van der Waals surface area contributed by atoms with E-state index in [0.717, 1.165) is 17.1 Å². The van der Waals surface area contributed by atoms with Crippen molar-refractivity contribution in [2.24, 2.45) is 0 Å². The van der Waals surface area contributed by atoms with Gasteiger partial charge in [-0.15, -0.1) is 0 Å². The highest BCUT2D eigenvalue weighted by atomic mass is 16.5. The highest BCUT2D eigenvalue weighted by Crippen LogP contribution is 2.47. The molecule has 1 aliphatic heterocycles. The number of hydrogen-bond donors (Lipinski definition) is 0. The van der Waals surface area contributed by atoms with Crippen LogP contribution in [0.5, 0.6) is 11.5 Å². The second kappa shape index (κ2) is 8.95. The zero-order chi connectivity index (χ0) is 27.6. The number of hydrogen-bond acceptors (Lipinski definition) is 1. The standard InChI is InChI=1S/C40H25NO/c1-2-10-31(11-3-1)41-36-14-5-4-12-32(36)33-22-20-30(25-37(33)41)27-18-16-26(17-19-27)29-21-23-38-35(24-29)34-13-6-8-28-9-7-15-39(42-38)40(28)34/h1-25H. The molecule has 0 saturated carbocycles. The summed E-state index contributed by atoms with van der Waals surface area (Å²) in [5.41, 5.74) is 10.7. The molecule has 0 amide bonds. The van der Waals surface area contributed by atoms with E-state index < -0.39 is 0 Å². The zero-order valence-electron chi connectivity index (χ0n) is 22.8. The van der Waals surface area contributed by atoms with Crippen molar-refractivity contribution in [3.05, 3.63) is 152 Å². The predicted octanol–water partition coefficient (Wildman–Crippen LogP) is 11.0. The van der Waals surface area contributed by atoms with E-state index >= 15 is 0 Å². The molecule has 7 aromatic carbocycles. The Morgan fingerprint density at radius 2 is 1.07 bits per heavy atom. The van der Waals surface area contributed by atoms with Gasteiger partial charge in [0.05, 0.1) is 11.0 Å². The van der Waals surface area contributed by atoms with Gasteiger partial charge in [-0.1, -0.05) is 109 Å². The molecule has 8 aromatic rings. The van der Waals surface area contributed by atoms with Gasteiger partial charge in [0.25, 0.3) is 0 Å². The van der Waals surface area contributed by atoms with Gasteiger partial charge in [0, 0.05) is 27.4 Å². The number of nitrogens with zero attached hydrogens (tertiary/aromatic N) is 1. The second-order valence-corrected chi connectivity index (χ2v) is 11.0. The summed E-state index contributed by atoms with van der Waals surface area (Å²) in [5, 5.41) is 4.92. The summed E-state index contributed by atoms with van der Waals surface area (Å²) in [6.07, 6.45) is 0. The monoisotopic (exact) mass is 535 g/mol. The first-order valence-corrected chi connectivity index (χ1v) is 14.4. The number of rotatable bonds is 3. The minimum atomic E-state index is 0.906. The topological polar surface area (TPSA) is 14.2 Å². The van der Waals surface area contributed by atoms with Crippen molar-refractivity contribution in [3.63, 3.8) is 0 Å². The third-order valence-electron chi connectivity index (χ3n) is 8.60. The van der Waals surface area contributed by atoms with E-state index in [1.54, 1.807) is 0 Å². The fraction of sp³-hybridized carbons (Fsp3) is 0. The zero-order valence-corrected chi connectivity index (χ0v) is 22.8. The summed E-state index contributed by atoms with van der Waals surface area (Å²) < 4.78 is 8.69. The van der Waals surface area contributed by atoms with Crippen LogP contribution >= 0.6 is 0 Å². The minimum Gasteiger partial charge on any atom is -0.456 e. The van der Waals surface area contributed by atoms with Crippen LogP contribution in [-0.4, -0.2) is 4.57 Å². The highest BCUT2D eigenvalue weighted by Gasteiger charge is 2.20. The highest BCUT2D eigenvalue weighted by molar-refractivity contribution is 6.10. The van der Waals surface area contributed by atoms with Crippen LogP contribution in [0.15, 0.2) is 152 Å². The first-order chi connectivity index (χ1) is 20.8. The lowest BCUT2D eigenvalue weighted by Gasteiger charge is -2.22. The average molecular weight is 536 g/mol. The molecule has 0 unspecified atom stereocenters. The Morgan fingerprint density at radius 3 is 1.90 bits per heavy atom. The normalized spacial score (nSPS) is 12.0. The maximum atomic E-state index is 6.31. The Morgan fingerprint density at radius 1 is 0.405 bits per heavy atom. The Balaban J connectivity index is 1.13. The molecule has 0 fully saturated rings. The van der Waals surface area contributed by atoms with Crippen LogP contribution in [0.3, 0.4) is 0 Å². The molecule has 2 nitrogen and oxygen atoms in total. The molecule has 196 valence electrons. The van der Waals surface area contributed by atoms with Crippen LogP contribution in [0, 0.1) is 0 Å². The van der Waals surface area contributed by atoms with Gasteiger partial charge in [-0.3, -0.25) is 0 Å². The fourth-order valence-electron chi connectivity index (χ4n) is 6.60. The number of aromatic nitrogens is 1. The summed E-state index contributed by atoms with van der Waals surface area (Å²) in [7, 11) is 0. The van der Waals surface area contributed by atoms with Crippen molar-refractivity contribution >= 4 is 32.6 Å². The van der Waals surface area contributed by atoms with Gasteiger partial charge >= 0.3 is 0 Å². The molecular weight excluding hydrogens is 510 g/mol. The van der Waals surface area contributed by atoms with Crippen molar-refractivity contribution in [2.45, 2.75) is 0 Å². The molecule has 1 aromatic heterocycles. The summed E-state index contributed by atoms with van der Waals surface area (Å²) >= 11 is 0. The quantitative estimate of drug-likeness (QED) is 0.219. The van der Waals surface area contributed by atoms with Crippen LogP contribution in [0.4, 0.5) is 0 Å². The third kappa shape index (κ3) is 3.45. The van der Waals surface area contributed by atoms with Crippen molar-refractivity contribution in [1.29, 1.82) is 0 Å². The van der Waals surface area contributed by atoms with E-state index in [1.807, 2.05) is 0 Å². The molecule has 2 heterocycles. The van der Waals surface area contributed by atoms with Crippen molar-refractivity contribution < 1.29 is 4.74 Å². The van der Waals surface area contributed by atoms with Gasteiger partial charge < -0.3 is 9.30 Å². The number of ether oxygens (including phenoxy) is 1. The number of benzene rings is 7. The largest absolute Gasteiger partial charge is 0.456 e. The fourth-order valence-corrected chi connectivity index (χ4v) is 6.60. The SMILES string of the molecule is c1ccc(-n2c3ccccc3c3ccc(-c4ccc(-c5ccc6c(c5)-c5cccc7cccc(c57)O6)cc4)cc32)cc1. The molecule has 9 rings (SSSR count). The molecule has 0 saturated heterocycles. The summed E-state index contributed by atoms with van der Waals surface area (Å²) in [6.45, 7) is 0. The predicted molar refractivity (Wildman–Crippen MR) is 175 cm³/mol. The van der Waals surface area contributed by atoms with Crippen molar-refractivity contribution in [2.75, 3.05) is 0 Å². The van der Waals surface area contributed by atoms with Gasteiger partial charge in [0.15, 0.2) is 0 Å². The van der Waals surface area contributed by atoms with Crippen molar-refractivity contribution in [3.8, 4) is 50.6 Å². The van der Waals surface area contributed by atoms with Gasteiger partial charge in [-0.2, -0.15) is 0 Å². The third-order valence-corrected chi connectivity index (χ3v) is 8.60. The van der Waals surface area contributed by atoms with E-state index in [0.29, 0.717) is 0 Å². The lowest BCUT2D eigenvalue weighted by molar-refractivity contribution is 0.487. The summed E-state index contributed by atoms with van der Waals surface area (Å²) in [6, 6.07) is 54.3. The Kier molecular flexibility index (Phi) is 4.93. The molecule has 0 spiro atoms. The van der Waals surface area contributed by atoms with Gasteiger partial charge in [0.1, 0.15) is 11.5 Å². The lowest BCUT2D eigenvalue weighted by atomic mass is 9.92. The molecule has 1 aliphatic rings. The van der Waals surface area contributed by atoms with E-state index in [1.165, 1.54) is 66.1 Å². The van der Waals surface area contributed by atoms with Crippen molar-refractivity contribution in [1.82, 2.24) is 4.57 Å². The molecule has 0 N–H and O–H groups in total. The van der Waals surface area contributed by atoms with Crippen LogP contribution < -0.4 is 4.74 Å². The van der Waals surface area contributed by atoms with Gasteiger partial charge in [-0.05, 0) is 75.7 Å². The van der Waals surface area contributed by atoms with Crippen LogP contribution in [0.1, 0.15) is 0 Å². The van der Waals surface area contributed by atoms with Crippen LogP contribution in [0.25, 0.3) is 71.6 Å².